The summed E-state index contributed by atoms with van der Waals surface area (Å²) in [6, 6.07) is 53.5. The second kappa shape index (κ2) is 10.1. The first-order valence-electron chi connectivity index (χ1n) is 16.4. The van der Waals surface area contributed by atoms with Crippen molar-refractivity contribution in [3.8, 4) is 28.3 Å². The van der Waals surface area contributed by atoms with Gasteiger partial charge in [0.25, 0.3) is 0 Å². The monoisotopic (exact) mass is 643 g/mol. The van der Waals surface area contributed by atoms with Crippen LogP contribution in [-0.2, 0) is 0 Å². The van der Waals surface area contributed by atoms with Gasteiger partial charge in [0.1, 0.15) is 11.2 Å². The summed E-state index contributed by atoms with van der Waals surface area (Å²) in [5, 5.41) is 8.13. The maximum Gasteiger partial charge on any atom is 0.235 e. The molecule has 0 N–H and O–H groups in total. The fraction of sp³-hybridized carbons (Fsp3) is 0. The van der Waals surface area contributed by atoms with Crippen molar-refractivity contribution in [2.75, 3.05) is 0 Å². The van der Waals surface area contributed by atoms with Crippen LogP contribution in [0, 0.1) is 0 Å². The van der Waals surface area contributed by atoms with E-state index in [1.54, 1.807) is 11.3 Å². The van der Waals surface area contributed by atoms with Gasteiger partial charge in [-0.15, -0.1) is 11.3 Å². The highest BCUT2D eigenvalue weighted by Gasteiger charge is 2.22. The third-order valence-electron chi connectivity index (χ3n) is 9.82. The van der Waals surface area contributed by atoms with E-state index < -0.39 is 0 Å². The maximum absolute atomic E-state index is 6.38. The molecule has 0 amide bonds. The van der Waals surface area contributed by atoms with Crippen LogP contribution in [-0.4, -0.2) is 14.5 Å². The molecule has 5 heteroatoms. The lowest BCUT2D eigenvalue weighted by molar-refractivity contribution is 0.669. The second-order valence-electron chi connectivity index (χ2n) is 12.5. The normalized spacial score (nSPS) is 12.1. The third-order valence-corrected chi connectivity index (χ3v) is 11.0. The van der Waals surface area contributed by atoms with E-state index in [1.807, 2.05) is 0 Å². The van der Waals surface area contributed by atoms with Crippen molar-refractivity contribution < 1.29 is 4.42 Å². The Labute approximate surface area is 284 Å². The zero-order chi connectivity index (χ0) is 32.1. The molecule has 4 nitrogen and oxygen atoms in total. The Hall–Kier alpha value is -6.30. The van der Waals surface area contributed by atoms with Crippen molar-refractivity contribution in [2.24, 2.45) is 0 Å². The minimum Gasteiger partial charge on any atom is -0.456 e. The molecule has 0 radical (unpaired) electrons. The number of thiophene rings is 1. The standard InChI is InChI=1S/C44H25N3OS/c1-2-12-27(13-3-1)40-43-41(33-16-7-9-20-38(33)49-43)46-44(45-40)47-35-19-8-6-15-31(35)32-18-10-17-30(42(32)47)28-22-23-36-34(25-28)39-29-14-5-4-11-26(29)21-24-37(39)48-36/h1-25H. The molecule has 0 bridgehead atoms. The molecule has 0 saturated heterocycles. The zero-order valence-corrected chi connectivity index (χ0v) is 26.9. The molecule has 0 unspecified atom stereocenters. The Morgan fingerprint density at radius 3 is 2.20 bits per heavy atom. The van der Waals surface area contributed by atoms with E-state index >= 15 is 0 Å². The molecule has 0 aliphatic heterocycles. The van der Waals surface area contributed by atoms with Crippen LogP contribution in [0.25, 0.3) is 103 Å². The number of rotatable bonds is 3. The zero-order valence-electron chi connectivity index (χ0n) is 26.1. The number of hydrogen-bond donors (Lipinski definition) is 0. The van der Waals surface area contributed by atoms with Crippen LogP contribution in [0.2, 0.25) is 0 Å². The molecule has 49 heavy (non-hydrogen) atoms. The summed E-state index contributed by atoms with van der Waals surface area (Å²) in [7, 11) is 0. The van der Waals surface area contributed by atoms with Gasteiger partial charge in [-0.2, -0.15) is 0 Å². The highest BCUT2D eigenvalue weighted by atomic mass is 32.1. The van der Waals surface area contributed by atoms with E-state index in [4.69, 9.17) is 14.4 Å². The van der Waals surface area contributed by atoms with Gasteiger partial charge in [-0.25, -0.2) is 9.97 Å². The molecule has 0 saturated carbocycles. The smallest absolute Gasteiger partial charge is 0.235 e. The lowest BCUT2D eigenvalue weighted by Crippen LogP contribution is -2.03. The van der Waals surface area contributed by atoms with Gasteiger partial charge in [-0.1, -0.05) is 121 Å². The first-order valence-corrected chi connectivity index (χ1v) is 17.2. The number of fused-ring (bicyclic) bond motifs is 11. The summed E-state index contributed by atoms with van der Waals surface area (Å²) in [4.78, 5) is 10.8. The first-order chi connectivity index (χ1) is 24.3. The van der Waals surface area contributed by atoms with E-state index in [1.165, 1.54) is 20.9 Å². The van der Waals surface area contributed by atoms with Crippen LogP contribution < -0.4 is 0 Å². The van der Waals surface area contributed by atoms with Crippen LogP contribution in [0.3, 0.4) is 0 Å². The van der Waals surface area contributed by atoms with Gasteiger partial charge in [0.2, 0.25) is 5.95 Å². The molecule has 0 spiro atoms. The van der Waals surface area contributed by atoms with E-state index in [-0.39, 0.29) is 0 Å². The molecule has 11 aromatic rings. The molecule has 228 valence electrons. The van der Waals surface area contributed by atoms with Gasteiger partial charge in [0.15, 0.2) is 0 Å². The van der Waals surface area contributed by atoms with E-state index in [9.17, 15) is 0 Å². The number of benzene rings is 7. The quantitative estimate of drug-likeness (QED) is 0.192. The summed E-state index contributed by atoms with van der Waals surface area (Å²) in [6.45, 7) is 0. The van der Waals surface area contributed by atoms with Gasteiger partial charge in [-0.3, -0.25) is 4.57 Å². The molecule has 0 aliphatic carbocycles. The molecule has 11 rings (SSSR count). The van der Waals surface area contributed by atoms with Gasteiger partial charge in [-0.05, 0) is 46.7 Å². The van der Waals surface area contributed by atoms with E-state index in [0.717, 1.165) is 76.3 Å². The summed E-state index contributed by atoms with van der Waals surface area (Å²) >= 11 is 1.76. The van der Waals surface area contributed by atoms with E-state index in [2.05, 4.69) is 156 Å². The number of nitrogens with zero attached hydrogens (tertiary/aromatic N) is 3. The number of furan rings is 1. The predicted octanol–water partition coefficient (Wildman–Crippen LogP) is 12.3. The van der Waals surface area contributed by atoms with Crippen molar-refractivity contribution in [2.45, 2.75) is 0 Å². The Bertz CT molecular complexity index is 3110. The van der Waals surface area contributed by atoms with E-state index in [0.29, 0.717) is 5.95 Å². The molecule has 7 aromatic carbocycles. The Kier molecular flexibility index (Phi) is 5.51. The first kappa shape index (κ1) is 26.7. The molecule has 0 aliphatic rings. The fourth-order valence-corrected chi connectivity index (χ4v) is 8.80. The lowest BCUT2D eigenvalue weighted by Gasteiger charge is -2.12. The molecule has 4 aromatic heterocycles. The Balaban J connectivity index is 1.25. The molecule has 0 fully saturated rings. The van der Waals surface area contributed by atoms with Crippen LogP contribution in [0.1, 0.15) is 0 Å². The van der Waals surface area contributed by atoms with Gasteiger partial charge >= 0.3 is 0 Å². The van der Waals surface area contributed by atoms with Crippen LogP contribution in [0.5, 0.6) is 0 Å². The van der Waals surface area contributed by atoms with Gasteiger partial charge < -0.3 is 4.42 Å². The average molecular weight is 644 g/mol. The van der Waals surface area contributed by atoms with Crippen molar-refractivity contribution in [1.29, 1.82) is 0 Å². The maximum atomic E-state index is 6.38. The van der Waals surface area contributed by atoms with Gasteiger partial charge in [0.05, 0.1) is 26.9 Å². The summed E-state index contributed by atoms with van der Waals surface area (Å²) in [5.74, 6) is 0.661. The van der Waals surface area contributed by atoms with Crippen LogP contribution in [0.15, 0.2) is 156 Å². The largest absolute Gasteiger partial charge is 0.456 e. The average Bonchev–Trinajstić information content (AvgIpc) is 3.84. The minimum absolute atomic E-state index is 0.661. The van der Waals surface area contributed by atoms with Crippen molar-refractivity contribution in [3.63, 3.8) is 0 Å². The van der Waals surface area contributed by atoms with Crippen LogP contribution in [0.4, 0.5) is 0 Å². The van der Waals surface area contributed by atoms with Crippen molar-refractivity contribution in [1.82, 2.24) is 14.5 Å². The predicted molar refractivity (Wildman–Crippen MR) is 205 cm³/mol. The number of para-hydroxylation sites is 2. The summed E-state index contributed by atoms with van der Waals surface area (Å²) in [6.07, 6.45) is 0. The SMILES string of the molecule is c1ccc(-c2nc(-n3c4ccccc4c4cccc(-c5ccc6oc7ccc8ccccc8c7c6c5)c43)nc3c2sc2ccccc23)cc1. The minimum atomic E-state index is 0.661. The second-order valence-corrected chi connectivity index (χ2v) is 13.6. The van der Waals surface area contributed by atoms with Crippen molar-refractivity contribution in [3.05, 3.63) is 152 Å². The highest BCUT2D eigenvalue weighted by molar-refractivity contribution is 7.26. The number of aromatic nitrogens is 3. The topological polar surface area (TPSA) is 43.9 Å². The fourth-order valence-electron chi connectivity index (χ4n) is 7.64. The van der Waals surface area contributed by atoms with Crippen LogP contribution >= 0.6 is 11.3 Å². The molecule has 0 atom stereocenters. The molecular weight excluding hydrogens is 619 g/mol. The summed E-state index contributed by atoms with van der Waals surface area (Å²) in [5.41, 5.74) is 9.17. The third kappa shape index (κ3) is 3.85. The molecule has 4 heterocycles. The number of hydrogen-bond acceptors (Lipinski definition) is 4. The Morgan fingerprint density at radius 1 is 0.531 bits per heavy atom. The molecular formula is C44H25N3OS. The summed E-state index contributed by atoms with van der Waals surface area (Å²) < 4.78 is 11.0. The highest BCUT2D eigenvalue weighted by Crippen LogP contribution is 2.43. The van der Waals surface area contributed by atoms with Crippen molar-refractivity contribution >= 4 is 86.2 Å². The lowest BCUT2D eigenvalue weighted by atomic mass is 9.98. The Morgan fingerprint density at radius 2 is 1.29 bits per heavy atom. The van der Waals surface area contributed by atoms with Gasteiger partial charge in [0, 0.05) is 42.8 Å².